The average molecular weight is 452 g/mol. The molecule has 30 heavy (non-hydrogen) atoms. The number of thiazole rings is 2. The third-order valence-electron chi connectivity index (χ3n) is 4.54. The van der Waals surface area contributed by atoms with Gasteiger partial charge in [0.05, 0.1) is 17.1 Å². The highest BCUT2D eigenvalue weighted by atomic mass is 32.2. The Labute approximate surface area is 188 Å². The molecule has 0 aliphatic heterocycles. The Morgan fingerprint density at radius 2 is 1.83 bits per heavy atom. The molecule has 0 aliphatic carbocycles. The molecule has 4 aromatic rings. The van der Waals surface area contributed by atoms with E-state index in [0.717, 1.165) is 38.3 Å². The van der Waals surface area contributed by atoms with Gasteiger partial charge in [0.25, 0.3) is 0 Å². The van der Waals surface area contributed by atoms with Crippen LogP contribution in [0.15, 0.2) is 63.6 Å². The lowest BCUT2D eigenvalue weighted by molar-refractivity contribution is -0.115. The topological polar surface area (TPSA) is 46.1 Å². The summed E-state index contributed by atoms with van der Waals surface area (Å²) in [5, 5.41) is 4.81. The Kier molecular flexibility index (Phi) is 6.32. The summed E-state index contributed by atoms with van der Waals surface area (Å²) in [7, 11) is 0. The normalized spacial score (nSPS) is 10.9. The number of carbonyl (C=O) groups excluding carboxylic acids is 1. The second-order valence-electron chi connectivity index (χ2n) is 6.92. The third kappa shape index (κ3) is 4.64. The number of benzene rings is 2. The van der Waals surface area contributed by atoms with Crippen LogP contribution in [0.5, 0.6) is 0 Å². The van der Waals surface area contributed by atoms with Gasteiger partial charge >= 0.3 is 0 Å². The largest absolute Gasteiger partial charge is 0.274 e. The number of thioether (sulfide) groups is 1. The number of carbonyl (C=O) groups is 1. The van der Waals surface area contributed by atoms with E-state index >= 15 is 0 Å². The molecule has 0 saturated carbocycles. The standard InChI is InChI=1S/C23H21N3OS3/c1-15-9-10-21(16(2)11-15)26(17(3)27)22-24-19(12-28-22)13-29-23-25-20(14-30-23)18-7-5-4-6-8-18/h4-12,14H,13H2,1-3H3. The van der Waals surface area contributed by atoms with Gasteiger partial charge in [-0.1, -0.05) is 59.8 Å². The lowest BCUT2D eigenvalue weighted by atomic mass is 10.1. The van der Waals surface area contributed by atoms with Crippen LogP contribution in [0.3, 0.4) is 0 Å². The molecule has 152 valence electrons. The van der Waals surface area contributed by atoms with Gasteiger partial charge in [-0.15, -0.1) is 22.7 Å². The molecule has 2 aromatic heterocycles. The van der Waals surface area contributed by atoms with Crippen molar-refractivity contribution in [3.8, 4) is 11.3 Å². The smallest absolute Gasteiger partial charge is 0.230 e. The van der Waals surface area contributed by atoms with Crippen molar-refractivity contribution in [1.82, 2.24) is 9.97 Å². The number of aromatic nitrogens is 2. The Bertz CT molecular complexity index is 1170. The van der Waals surface area contributed by atoms with E-state index < -0.39 is 0 Å². The molecular formula is C23H21N3OS3. The highest BCUT2D eigenvalue weighted by Gasteiger charge is 2.20. The van der Waals surface area contributed by atoms with Crippen molar-refractivity contribution in [3.05, 3.63) is 76.1 Å². The SMILES string of the molecule is CC(=O)N(c1nc(CSc2nc(-c3ccccc3)cs2)cs1)c1ccc(C)cc1C. The zero-order chi connectivity index (χ0) is 21.1. The Morgan fingerprint density at radius 3 is 2.57 bits per heavy atom. The van der Waals surface area contributed by atoms with Crippen molar-refractivity contribution >= 4 is 51.2 Å². The highest BCUT2D eigenvalue weighted by molar-refractivity contribution is 8.00. The molecular weight excluding hydrogens is 430 g/mol. The molecule has 0 bridgehead atoms. The fourth-order valence-corrected chi connectivity index (χ4v) is 5.84. The van der Waals surface area contributed by atoms with Gasteiger partial charge in [0.15, 0.2) is 9.47 Å². The first-order valence-corrected chi connectivity index (χ1v) is 12.2. The molecule has 4 nitrogen and oxygen atoms in total. The van der Waals surface area contributed by atoms with Crippen LogP contribution >= 0.6 is 34.4 Å². The first-order chi connectivity index (χ1) is 14.5. The van der Waals surface area contributed by atoms with E-state index in [0.29, 0.717) is 5.13 Å². The van der Waals surface area contributed by atoms with Crippen molar-refractivity contribution in [2.45, 2.75) is 30.9 Å². The molecule has 0 fully saturated rings. The summed E-state index contributed by atoms with van der Waals surface area (Å²) < 4.78 is 1.02. The van der Waals surface area contributed by atoms with E-state index in [-0.39, 0.29) is 5.91 Å². The summed E-state index contributed by atoms with van der Waals surface area (Å²) in [5.74, 6) is 0.680. The van der Waals surface area contributed by atoms with Gasteiger partial charge in [-0.2, -0.15) is 0 Å². The van der Waals surface area contributed by atoms with Gasteiger partial charge < -0.3 is 0 Å². The van der Waals surface area contributed by atoms with E-state index in [2.05, 4.69) is 30.5 Å². The van der Waals surface area contributed by atoms with Gasteiger partial charge in [-0.25, -0.2) is 9.97 Å². The van der Waals surface area contributed by atoms with Crippen LogP contribution in [-0.2, 0) is 10.5 Å². The number of amides is 1. The summed E-state index contributed by atoms with van der Waals surface area (Å²) in [5.41, 5.74) is 6.20. The monoisotopic (exact) mass is 451 g/mol. The zero-order valence-corrected chi connectivity index (χ0v) is 19.4. The number of aryl methyl sites for hydroxylation is 2. The molecule has 7 heteroatoms. The summed E-state index contributed by atoms with van der Waals surface area (Å²) in [4.78, 5) is 23.5. The van der Waals surface area contributed by atoms with Crippen LogP contribution in [0.4, 0.5) is 10.8 Å². The fraction of sp³-hybridized carbons (Fsp3) is 0.174. The van der Waals surface area contributed by atoms with E-state index in [9.17, 15) is 4.79 Å². The predicted molar refractivity (Wildman–Crippen MR) is 128 cm³/mol. The van der Waals surface area contributed by atoms with Crippen molar-refractivity contribution < 1.29 is 4.79 Å². The average Bonchev–Trinajstić information content (AvgIpc) is 3.38. The third-order valence-corrected chi connectivity index (χ3v) is 7.46. The minimum Gasteiger partial charge on any atom is -0.274 e. The molecule has 0 atom stereocenters. The second kappa shape index (κ2) is 9.12. The van der Waals surface area contributed by atoms with E-state index in [1.54, 1.807) is 34.9 Å². The van der Waals surface area contributed by atoms with Crippen LogP contribution in [0.1, 0.15) is 23.7 Å². The van der Waals surface area contributed by atoms with Gasteiger partial charge in [-0.3, -0.25) is 9.69 Å². The maximum Gasteiger partial charge on any atom is 0.230 e. The Morgan fingerprint density at radius 1 is 1.03 bits per heavy atom. The van der Waals surface area contributed by atoms with Crippen molar-refractivity contribution in [1.29, 1.82) is 0 Å². The zero-order valence-electron chi connectivity index (χ0n) is 17.0. The number of nitrogens with zero attached hydrogens (tertiary/aromatic N) is 3. The Hall–Kier alpha value is -2.48. The second-order valence-corrected chi connectivity index (χ2v) is 9.84. The molecule has 2 aromatic carbocycles. The predicted octanol–water partition coefficient (Wildman–Crippen LogP) is 6.86. The number of anilines is 2. The molecule has 0 unspecified atom stereocenters. The van der Waals surface area contributed by atoms with Crippen LogP contribution in [0, 0.1) is 13.8 Å². The van der Waals surface area contributed by atoms with E-state index in [4.69, 9.17) is 9.97 Å². The van der Waals surface area contributed by atoms with Gasteiger partial charge in [-0.05, 0) is 25.5 Å². The van der Waals surface area contributed by atoms with Crippen molar-refractivity contribution in [2.24, 2.45) is 0 Å². The Balaban J connectivity index is 1.48. The number of hydrogen-bond acceptors (Lipinski definition) is 6. The minimum atomic E-state index is -0.0390. The van der Waals surface area contributed by atoms with Gasteiger partial charge in [0, 0.05) is 29.0 Å². The number of rotatable bonds is 6. The summed E-state index contributed by atoms with van der Waals surface area (Å²) in [6.45, 7) is 5.65. The molecule has 0 aliphatic rings. The molecule has 2 heterocycles. The maximum atomic E-state index is 12.4. The minimum absolute atomic E-state index is 0.0390. The molecule has 0 radical (unpaired) electrons. The maximum absolute atomic E-state index is 12.4. The van der Waals surface area contributed by atoms with Crippen LogP contribution in [0.2, 0.25) is 0 Å². The number of hydrogen-bond donors (Lipinski definition) is 0. The lowest BCUT2D eigenvalue weighted by Crippen LogP contribution is -2.23. The van der Waals surface area contributed by atoms with Crippen molar-refractivity contribution in [3.63, 3.8) is 0 Å². The van der Waals surface area contributed by atoms with E-state index in [1.165, 1.54) is 16.9 Å². The summed E-state index contributed by atoms with van der Waals surface area (Å²) in [6, 6.07) is 16.3. The lowest BCUT2D eigenvalue weighted by Gasteiger charge is -2.20. The first kappa shape index (κ1) is 20.8. The van der Waals surface area contributed by atoms with Gasteiger partial charge in [0.2, 0.25) is 5.91 Å². The molecule has 0 N–H and O–H groups in total. The van der Waals surface area contributed by atoms with E-state index in [1.807, 2.05) is 42.6 Å². The summed E-state index contributed by atoms with van der Waals surface area (Å²) >= 11 is 4.81. The van der Waals surface area contributed by atoms with Crippen LogP contribution < -0.4 is 4.90 Å². The van der Waals surface area contributed by atoms with Crippen molar-refractivity contribution in [2.75, 3.05) is 4.90 Å². The highest BCUT2D eigenvalue weighted by Crippen LogP contribution is 2.34. The van der Waals surface area contributed by atoms with Gasteiger partial charge in [0.1, 0.15) is 0 Å². The van der Waals surface area contributed by atoms with Crippen LogP contribution in [-0.4, -0.2) is 15.9 Å². The fourth-order valence-electron chi connectivity index (χ4n) is 3.13. The molecule has 0 spiro atoms. The quantitative estimate of drug-likeness (QED) is 0.300. The molecule has 1 amide bonds. The molecule has 0 saturated heterocycles. The summed E-state index contributed by atoms with van der Waals surface area (Å²) in [6.07, 6.45) is 0. The first-order valence-electron chi connectivity index (χ1n) is 9.47. The van der Waals surface area contributed by atoms with Crippen LogP contribution in [0.25, 0.3) is 11.3 Å². The molecule has 4 rings (SSSR count).